The van der Waals surface area contributed by atoms with Gasteiger partial charge in [0.25, 0.3) is 5.91 Å². The van der Waals surface area contributed by atoms with E-state index in [1.165, 1.54) is 0 Å². The van der Waals surface area contributed by atoms with Crippen molar-refractivity contribution in [1.82, 2.24) is 19.9 Å². The molecule has 3 N–H and O–H groups in total. The summed E-state index contributed by atoms with van der Waals surface area (Å²) in [5, 5.41) is 17.0. The molecule has 5 rings (SSSR count). The van der Waals surface area contributed by atoms with Crippen molar-refractivity contribution in [2.24, 2.45) is 5.73 Å². The van der Waals surface area contributed by atoms with Crippen molar-refractivity contribution in [2.75, 3.05) is 24.6 Å². The number of hydrogen-bond donors (Lipinski definition) is 2. The molecule has 2 aliphatic rings. The minimum absolute atomic E-state index is 0.266. The third-order valence-electron chi connectivity index (χ3n) is 7.55. The number of rotatable bonds is 7. The van der Waals surface area contributed by atoms with Crippen LogP contribution in [0.2, 0.25) is 0 Å². The van der Waals surface area contributed by atoms with Crippen molar-refractivity contribution >= 4 is 23.3 Å². The Hall–Kier alpha value is -4.33. The summed E-state index contributed by atoms with van der Waals surface area (Å²) in [6.45, 7) is 5.86. The molecule has 0 atom stereocenters. The Morgan fingerprint density at radius 2 is 1.97 bits per heavy atom. The average Bonchev–Trinajstić information content (AvgIpc) is 3.29. The highest BCUT2D eigenvalue weighted by Gasteiger charge is 2.49. The molecule has 198 valence electrons. The quantitative estimate of drug-likeness (QED) is 0.486. The van der Waals surface area contributed by atoms with E-state index in [-0.39, 0.29) is 5.91 Å². The summed E-state index contributed by atoms with van der Waals surface area (Å²) < 4.78 is 12.6. The summed E-state index contributed by atoms with van der Waals surface area (Å²) in [7, 11) is 0. The minimum atomic E-state index is -1.13. The van der Waals surface area contributed by atoms with Gasteiger partial charge in [-0.1, -0.05) is 0 Å². The molecule has 3 aromatic rings. The number of carbonyl (C=O) groups is 2. The lowest BCUT2D eigenvalue weighted by molar-refractivity contribution is -0.150. The summed E-state index contributed by atoms with van der Waals surface area (Å²) in [6, 6.07) is 8.06. The summed E-state index contributed by atoms with van der Waals surface area (Å²) in [5.41, 5.74) is 6.51. The lowest BCUT2D eigenvalue weighted by Gasteiger charge is -2.45. The number of nitriles is 1. The smallest absolute Gasteiger partial charge is 0.405 e. The number of piperidine rings is 1. The number of nitrogens with zero attached hydrogens (tertiary/aromatic N) is 5. The van der Waals surface area contributed by atoms with Crippen LogP contribution in [0.4, 0.5) is 10.6 Å². The topological polar surface area (TPSA) is 148 Å². The van der Waals surface area contributed by atoms with Gasteiger partial charge in [-0.05, 0) is 64.2 Å². The van der Waals surface area contributed by atoms with E-state index in [1.807, 2.05) is 32.0 Å². The molecule has 0 radical (unpaired) electrons. The summed E-state index contributed by atoms with van der Waals surface area (Å²) in [4.78, 5) is 31.2. The van der Waals surface area contributed by atoms with E-state index in [2.05, 4.69) is 21.4 Å². The molecular weight excluding hydrogens is 486 g/mol. The van der Waals surface area contributed by atoms with Gasteiger partial charge in [0, 0.05) is 36.0 Å². The minimum Gasteiger partial charge on any atom is -0.492 e. The highest BCUT2D eigenvalue weighted by Crippen LogP contribution is 2.37. The maximum Gasteiger partial charge on any atom is 0.405 e. The first kappa shape index (κ1) is 25.3. The number of aromatic nitrogens is 3. The molecule has 1 aliphatic heterocycles. The highest BCUT2D eigenvalue weighted by molar-refractivity contribution is 5.89. The SMILES string of the molecule is CCOc1cc(-c2ccc(N3CCC(C)(NC(=O)C4(OC(N)=O)CCC4)CC3)nc2)c2c(C#N)cnn2c1. The van der Waals surface area contributed by atoms with Crippen LogP contribution in [0.15, 0.2) is 36.8 Å². The maximum absolute atomic E-state index is 13.0. The van der Waals surface area contributed by atoms with Gasteiger partial charge >= 0.3 is 6.09 Å². The van der Waals surface area contributed by atoms with Crippen LogP contribution >= 0.6 is 0 Å². The number of primary amides is 1. The molecular formula is C27H31N7O4. The fourth-order valence-corrected chi connectivity index (χ4v) is 5.19. The average molecular weight is 518 g/mol. The zero-order valence-electron chi connectivity index (χ0n) is 21.6. The highest BCUT2D eigenvalue weighted by atomic mass is 16.6. The van der Waals surface area contributed by atoms with Gasteiger partial charge in [0.1, 0.15) is 17.6 Å². The first-order valence-corrected chi connectivity index (χ1v) is 12.8. The third kappa shape index (κ3) is 4.69. The Bertz CT molecular complexity index is 1400. The van der Waals surface area contributed by atoms with E-state index in [0.717, 1.165) is 23.4 Å². The van der Waals surface area contributed by atoms with Crippen molar-refractivity contribution in [3.05, 3.63) is 42.4 Å². The number of nitrogens with one attached hydrogen (secondary N) is 1. The van der Waals surface area contributed by atoms with Crippen LogP contribution in [0.25, 0.3) is 16.6 Å². The molecule has 3 aromatic heterocycles. The number of fused-ring (bicyclic) bond motifs is 1. The van der Waals surface area contributed by atoms with Crippen LogP contribution in [-0.4, -0.2) is 57.4 Å². The Labute approximate surface area is 220 Å². The Balaban J connectivity index is 1.29. The van der Waals surface area contributed by atoms with Gasteiger partial charge in [-0.3, -0.25) is 4.79 Å². The summed E-state index contributed by atoms with van der Waals surface area (Å²) >= 11 is 0. The lowest BCUT2D eigenvalue weighted by Crippen LogP contribution is -2.62. The van der Waals surface area contributed by atoms with Crippen LogP contribution < -0.4 is 20.7 Å². The molecule has 2 amide bonds. The number of pyridine rings is 2. The molecule has 0 bridgehead atoms. The Morgan fingerprint density at radius 3 is 2.55 bits per heavy atom. The molecule has 4 heterocycles. The third-order valence-corrected chi connectivity index (χ3v) is 7.55. The molecule has 11 heteroatoms. The van der Waals surface area contributed by atoms with Crippen LogP contribution in [0, 0.1) is 11.3 Å². The van der Waals surface area contributed by atoms with E-state index in [9.17, 15) is 14.9 Å². The standard InChI is InChI=1S/C27H31N7O4/c1-3-37-20-13-21(23-19(14-28)16-31-34(23)17-20)18-5-6-22(30-15-18)33-11-9-26(2,10-12-33)32-24(35)27(7-4-8-27)38-25(29)36/h5-6,13,15-17H,3-4,7-12H2,1-2H3,(H2,29,36)(H,32,35). The zero-order valence-corrected chi connectivity index (χ0v) is 21.6. The molecule has 1 aliphatic carbocycles. The van der Waals surface area contributed by atoms with E-state index in [1.54, 1.807) is 23.1 Å². The zero-order chi connectivity index (χ0) is 26.9. The molecule has 1 saturated heterocycles. The largest absolute Gasteiger partial charge is 0.492 e. The number of ether oxygens (including phenoxy) is 2. The second-order valence-electron chi connectivity index (χ2n) is 10.2. The van der Waals surface area contributed by atoms with E-state index in [4.69, 9.17) is 20.2 Å². The van der Waals surface area contributed by atoms with Crippen LogP contribution in [0.3, 0.4) is 0 Å². The van der Waals surface area contributed by atoms with Gasteiger partial charge in [-0.15, -0.1) is 0 Å². The van der Waals surface area contributed by atoms with Crippen LogP contribution in [-0.2, 0) is 9.53 Å². The number of amides is 2. The molecule has 0 spiro atoms. The molecule has 11 nitrogen and oxygen atoms in total. The molecule has 38 heavy (non-hydrogen) atoms. The molecule has 2 fully saturated rings. The maximum atomic E-state index is 13.0. The summed E-state index contributed by atoms with van der Waals surface area (Å²) in [5.74, 6) is 1.23. The van der Waals surface area contributed by atoms with Crippen LogP contribution in [0.1, 0.15) is 51.5 Å². The second kappa shape index (κ2) is 9.85. The number of anilines is 1. The van der Waals surface area contributed by atoms with Crippen LogP contribution in [0.5, 0.6) is 5.75 Å². The number of hydrogen-bond acceptors (Lipinski definition) is 8. The van der Waals surface area contributed by atoms with Gasteiger partial charge in [0.05, 0.1) is 30.1 Å². The fourth-order valence-electron chi connectivity index (χ4n) is 5.19. The van der Waals surface area contributed by atoms with Gasteiger partial charge in [0.2, 0.25) is 0 Å². The summed E-state index contributed by atoms with van der Waals surface area (Å²) in [6.07, 6.45) is 7.44. The molecule has 0 aromatic carbocycles. The molecule has 0 unspecified atom stereocenters. The van der Waals surface area contributed by atoms with Gasteiger partial charge in [-0.25, -0.2) is 14.3 Å². The Morgan fingerprint density at radius 1 is 1.21 bits per heavy atom. The van der Waals surface area contributed by atoms with Gasteiger partial charge in [-0.2, -0.15) is 10.4 Å². The predicted molar refractivity (Wildman–Crippen MR) is 140 cm³/mol. The first-order chi connectivity index (χ1) is 18.3. The lowest BCUT2D eigenvalue weighted by atomic mass is 9.78. The fraction of sp³-hybridized carbons (Fsp3) is 0.444. The van der Waals surface area contributed by atoms with Crippen molar-refractivity contribution in [2.45, 2.75) is 57.1 Å². The first-order valence-electron chi connectivity index (χ1n) is 12.8. The number of carbonyl (C=O) groups excluding carboxylic acids is 2. The predicted octanol–water partition coefficient (Wildman–Crippen LogP) is 3.16. The Kier molecular flexibility index (Phi) is 6.57. The van der Waals surface area contributed by atoms with Gasteiger partial charge in [0.15, 0.2) is 5.60 Å². The van der Waals surface area contributed by atoms with Crippen molar-refractivity contribution in [1.29, 1.82) is 5.26 Å². The van der Waals surface area contributed by atoms with Crippen molar-refractivity contribution in [3.8, 4) is 22.9 Å². The van der Waals surface area contributed by atoms with Crippen molar-refractivity contribution in [3.63, 3.8) is 0 Å². The second-order valence-corrected chi connectivity index (χ2v) is 10.2. The van der Waals surface area contributed by atoms with E-state index >= 15 is 0 Å². The van der Waals surface area contributed by atoms with E-state index < -0.39 is 17.2 Å². The number of nitrogens with two attached hydrogens (primary N) is 1. The van der Waals surface area contributed by atoms with E-state index in [0.29, 0.717) is 62.2 Å². The normalized spacial score (nSPS) is 17.8. The molecule has 1 saturated carbocycles. The monoisotopic (exact) mass is 517 g/mol. The van der Waals surface area contributed by atoms with Crippen molar-refractivity contribution < 1.29 is 19.1 Å². The van der Waals surface area contributed by atoms with Gasteiger partial charge < -0.3 is 25.4 Å².